The molecule has 0 spiro atoms. The molecule has 0 aliphatic rings. The average molecular weight is 253 g/mol. The van der Waals surface area contributed by atoms with Gasteiger partial charge in [-0.15, -0.1) is 0 Å². The smallest absolute Gasteiger partial charge is 0.364 e. The molecule has 0 fully saturated rings. The van der Waals surface area contributed by atoms with Crippen LogP contribution in [0, 0.1) is 0 Å². The number of rotatable bonds is 2. The lowest BCUT2D eigenvalue weighted by Crippen LogP contribution is -1.83. The van der Waals surface area contributed by atoms with Crippen molar-refractivity contribution in [2.75, 3.05) is 7.11 Å². The molecule has 0 saturated carbocycles. The fourth-order valence-corrected chi connectivity index (χ4v) is 1.97. The van der Waals surface area contributed by atoms with Crippen LogP contribution in [0.1, 0.15) is 0 Å². The first-order valence-electron chi connectivity index (χ1n) is 5.96. The summed E-state index contributed by atoms with van der Waals surface area (Å²) in [4.78, 5) is 0. The Kier molecular flexibility index (Phi) is 2.80. The molecule has 1 aromatic heterocycles. The quantitative estimate of drug-likeness (QED) is 0.699. The zero-order valence-corrected chi connectivity index (χ0v) is 10.5. The van der Waals surface area contributed by atoms with Crippen molar-refractivity contribution in [3.05, 3.63) is 54.6 Å². The number of aromatic hydroxyl groups is 1. The van der Waals surface area contributed by atoms with Crippen LogP contribution >= 0.6 is 0 Å². The molecule has 3 rings (SSSR count). The Morgan fingerprint density at radius 1 is 0.947 bits per heavy atom. The van der Waals surface area contributed by atoms with E-state index < -0.39 is 0 Å². The minimum atomic E-state index is 0.242. The third-order valence-electron chi connectivity index (χ3n) is 3.01. The van der Waals surface area contributed by atoms with Gasteiger partial charge in [0.25, 0.3) is 0 Å². The lowest BCUT2D eigenvalue weighted by molar-refractivity contribution is 0.414. The molecule has 1 heterocycles. The Morgan fingerprint density at radius 3 is 2.42 bits per heavy atom. The second-order valence-corrected chi connectivity index (χ2v) is 4.25. The van der Waals surface area contributed by atoms with Crippen LogP contribution < -0.4 is 4.74 Å². The van der Waals surface area contributed by atoms with Crippen molar-refractivity contribution in [1.82, 2.24) is 0 Å². The first-order chi connectivity index (χ1) is 9.26. The van der Waals surface area contributed by atoms with E-state index in [-0.39, 0.29) is 5.75 Å². The van der Waals surface area contributed by atoms with E-state index in [4.69, 9.17) is 9.15 Å². The number of hydrogen-bond donors (Lipinski definition) is 1. The summed E-state index contributed by atoms with van der Waals surface area (Å²) in [7, 11) is 1.63. The van der Waals surface area contributed by atoms with Crippen molar-refractivity contribution in [1.29, 1.82) is 0 Å². The van der Waals surface area contributed by atoms with Crippen molar-refractivity contribution in [3.8, 4) is 22.8 Å². The molecular formula is C16H13O3+. The van der Waals surface area contributed by atoms with E-state index in [1.165, 1.54) is 0 Å². The summed E-state index contributed by atoms with van der Waals surface area (Å²) in [6.45, 7) is 0. The zero-order valence-electron chi connectivity index (χ0n) is 10.5. The SMILES string of the molecule is COc1ccc2ccc(-c3ccc(O)cc3)[o+]c2c1. The second-order valence-electron chi connectivity index (χ2n) is 4.25. The van der Waals surface area contributed by atoms with Gasteiger partial charge < -0.3 is 9.84 Å². The predicted molar refractivity (Wildman–Crippen MR) is 74.3 cm³/mol. The maximum atomic E-state index is 9.30. The van der Waals surface area contributed by atoms with Gasteiger partial charge in [-0.3, -0.25) is 0 Å². The third-order valence-corrected chi connectivity index (χ3v) is 3.01. The van der Waals surface area contributed by atoms with Gasteiger partial charge in [0, 0.05) is 6.07 Å². The van der Waals surface area contributed by atoms with Gasteiger partial charge in [-0.2, -0.15) is 0 Å². The van der Waals surface area contributed by atoms with E-state index in [9.17, 15) is 5.11 Å². The molecule has 0 unspecified atom stereocenters. The molecule has 0 radical (unpaired) electrons. The zero-order chi connectivity index (χ0) is 13.2. The lowest BCUT2D eigenvalue weighted by atomic mass is 10.1. The highest BCUT2D eigenvalue weighted by Gasteiger charge is 2.15. The van der Waals surface area contributed by atoms with E-state index in [0.717, 1.165) is 28.0 Å². The highest BCUT2D eigenvalue weighted by Crippen LogP contribution is 2.27. The van der Waals surface area contributed by atoms with Gasteiger partial charge in [0.2, 0.25) is 0 Å². The molecule has 0 aliphatic carbocycles. The Bertz CT molecular complexity index is 718. The van der Waals surface area contributed by atoms with Crippen LogP contribution in [0.5, 0.6) is 11.5 Å². The van der Waals surface area contributed by atoms with Crippen molar-refractivity contribution in [2.24, 2.45) is 0 Å². The third kappa shape index (κ3) is 2.22. The van der Waals surface area contributed by atoms with Crippen LogP contribution in [0.2, 0.25) is 0 Å². The maximum Gasteiger partial charge on any atom is 0.364 e. The Balaban J connectivity index is 2.12. The van der Waals surface area contributed by atoms with Gasteiger partial charge >= 0.3 is 11.3 Å². The van der Waals surface area contributed by atoms with Crippen LogP contribution in [-0.2, 0) is 0 Å². The van der Waals surface area contributed by atoms with Gasteiger partial charge in [-0.1, -0.05) is 0 Å². The molecule has 0 amide bonds. The molecule has 0 bridgehead atoms. The van der Waals surface area contributed by atoms with E-state index >= 15 is 0 Å². The molecule has 0 saturated heterocycles. The summed E-state index contributed by atoms with van der Waals surface area (Å²) in [5.74, 6) is 1.76. The summed E-state index contributed by atoms with van der Waals surface area (Å²) in [5.41, 5.74) is 1.69. The van der Waals surface area contributed by atoms with Crippen LogP contribution in [0.3, 0.4) is 0 Å². The molecular weight excluding hydrogens is 240 g/mol. The summed E-state index contributed by atoms with van der Waals surface area (Å²) >= 11 is 0. The minimum absolute atomic E-state index is 0.242. The molecule has 94 valence electrons. The van der Waals surface area contributed by atoms with Crippen molar-refractivity contribution < 1.29 is 14.3 Å². The van der Waals surface area contributed by atoms with Crippen molar-refractivity contribution in [3.63, 3.8) is 0 Å². The summed E-state index contributed by atoms with van der Waals surface area (Å²) in [5, 5.41) is 10.3. The number of benzene rings is 2. The largest absolute Gasteiger partial charge is 0.508 e. The van der Waals surface area contributed by atoms with Gasteiger partial charge in [0.05, 0.1) is 24.1 Å². The number of methoxy groups -OCH3 is 1. The monoisotopic (exact) mass is 253 g/mol. The topological polar surface area (TPSA) is 40.8 Å². The van der Waals surface area contributed by atoms with Crippen LogP contribution in [0.25, 0.3) is 22.3 Å². The van der Waals surface area contributed by atoms with Gasteiger partial charge in [0.15, 0.2) is 0 Å². The predicted octanol–water partition coefficient (Wildman–Crippen LogP) is 4.10. The number of fused-ring (bicyclic) bond motifs is 1. The number of phenolic OH excluding ortho intramolecular Hbond substituents is 1. The first-order valence-corrected chi connectivity index (χ1v) is 5.96. The minimum Gasteiger partial charge on any atom is -0.508 e. The molecule has 0 aliphatic heterocycles. The Hall–Kier alpha value is -2.55. The summed E-state index contributed by atoms with van der Waals surface area (Å²) < 4.78 is 11.1. The van der Waals surface area contributed by atoms with Gasteiger partial charge in [-0.05, 0) is 42.5 Å². The molecule has 0 atom stereocenters. The molecule has 19 heavy (non-hydrogen) atoms. The Labute approximate surface area is 110 Å². The van der Waals surface area contributed by atoms with E-state index in [1.807, 2.05) is 42.5 Å². The van der Waals surface area contributed by atoms with Gasteiger partial charge in [0.1, 0.15) is 11.5 Å². The normalized spacial score (nSPS) is 10.6. The average Bonchev–Trinajstić information content (AvgIpc) is 2.47. The highest BCUT2D eigenvalue weighted by molar-refractivity contribution is 5.80. The summed E-state index contributed by atoms with van der Waals surface area (Å²) in [6, 6.07) is 16.6. The number of hydrogen-bond acceptors (Lipinski definition) is 2. The fourth-order valence-electron chi connectivity index (χ4n) is 1.97. The molecule has 3 aromatic rings. The van der Waals surface area contributed by atoms with Crippen molar-refractivity contribution in [2.45, 2.75) is 0 Å². The molecule has 3 heteroatoms. The van der Waals surface area contributed by atoms with Crippen molar-refractivity contribution >= 4 is 11.0 Å². The lowest BCUT2D eigenvalue weighted by Gasteiger charge is -1.97. The standard InChI is InChI=1S/C16H12O3/c1-18-14-8-4-12-5-9-15(19-16(12)10-14)11-2-6-13(17)7-3-11/h2-10H,1H3/p+1. The molecule has 2 aromatic carbocycles. The first kappa shape index (κ1) is 11.5. The van der Waals surface area contributed by atoms with E-state index in [1.54, 1.807) is 19.2 Å². The fraction of sp³-hybridized carbons (Fsp3) is 0.0625. The second kappa shape index (κ2) is 4.61. The van der Waals surface area contributed by atoms with Gasteiger partial charge in [-0.25, -0.2) is 4.42 Å². The molecule has 1 N–H and O–H groups in total. The van der Waals surface area contributed by atoms with E-state index in [0.29, 0.717) is 0 Å². The number of ether oxygens (including phenoxy) is 1. The summed E-state index contributed by atoms with van der Waals surface area (Å²) in [6.07, 6.45) is 0. The van der Waals surface area contributed by atoms with E-state index in [2.05, 4.69) is 0 Å². The number of phenols is 1. The molecule has 3 nitrogen and oxygen atoms in total. The van der Waals surface area contributed by atoms with Crippen LogP contribution in [0.15, 0.2) is 59.0 Å². The highest BCUT2D eigenvalue weighted by atomic mass is 16.5. The van der Waals surface area contributed by atoms with Crippen LogP contribution in [-0.4, -0.2) is 12.2 Å². The maximum absolute atomic E-state index is 9.30. The Morgan fingerprint density at radius 2 is 1.68 bits per heavy atom. The van der Waals surface area contributed by atoms with Crippen LogP contribution in [0.4, 0.5) is 0 Å².